The Morgan fingerprint density at radius 2 is 1.92 bits per heavy atom. The van der Waals surface area contributed by atoms with Gasteiger partial charge in [0.1, 0.15) is 5.52 Å². The number of fused-ring (bicyclic) bond motifs is 2. The van der Waals surface area contributed by atoms with Crippen LogP contribution in [0.5, 0.6) is 0 Å². The Kier molecular flexibility index (Phi) is 4.07. The number of carbonyl (C=O) groups excluding carboxylic acids is 1. The lowest BCUT2D eigenvalue weighted by Crippen LogP contribution is -2.11. The number of hydrogen-bond donors (Lipinski definition) is 1. The minimum Gasteiger partial charge on any atom is -0.298 e. The molecule has 1 N–H and O–H groups in total. The Balaban J connectivity index is 1.65. The predicted molar refractivity (Wildman–Crippen MR) is 104 cm³/mol. The molecule has 0 saturated heterocycles. The molecule has 2 aromatic carbocycles. The molecule has 2 heterocycles. The number of nitrogens with one attached hydrogen (secondary N) is 1. The van der Waals surface area contributed by atoms with Crippen molar-refractivity contribution < 1.29 is 4.79 Å². The minimum atomic E-state index is -0.233. The fourth-order valence-electron chi connectivity index (χ4n) is 2.53. The topological polar surface area (TPSA) is 54.9 Å². The van der Waals surface area contributed by atoms with Gasteiger partial charge in [0.2, 0.25) is 0 Å². The van der Waals surface area contributed by atoms with Crippen LogP contribution < -0.4 is 5.32 Å². The van der Waals surface area contributed by atoms with E-state index in [0.29, 0.717) is 26.3 Å². The van der Waals surface area contributed by atoms with E-state index >= 15 is 0 Å². The van der Waals surface area contributed by atoms with Crippen molar-refractivity contribution in [3.63, 3.8) is 0 Å². The number of nitrogens with zero attached hydrogens (tertiary/aromatic N) is 2. The van der Waals surface area contributed by atoms with E-state index in [2.05, 4.69) is 15.3 Å². The fraction of sp³-hybridized carbons (Fsp3) is 0.0556. The van der Waals surface area contributed by atoms with Gasteiger partial charge in [0.05, 0.1) is 20.3 Å². The van der Waals surface area contributed by atoms with Crippen molar-refractivity contribution in [3.05, 3.63) is 63.8 Å². The summed E-state index contributed by atoms with van der Waals surface area (Å²) in [6.07, 6.45) is 0. The Morgan fingerprint density at radius 3 is 2.76 bits per heavy atom. The monoisotopic (exact) mass is 387 g/mol. The van der Waals surface area contributed by atoms with Gasteiger partial charge in [-0.05, 0) is 43.3 Å². The van der Waals surface area contributed by atoms with E-state index in [1.165, 1.54) is 11.3 Å². The lowest BCUT2D eigenvalue weighted by Gasteiger charge is -2.04. The van der Waals surface area contributed by atoms with Gasteiger partial charge in [-0.3, -0.25) is 15.1 Å². The first-order chi connectivity index (χ1) is 12.0. The summed E-state index contributed by atoms with van der Waals surface area (Å²) in [4.78, 5) is 21.3. The van der Waals surface area contributed by atoms with E-state index in [9.17, 15) is 4.79 Å². The number of amides is 1. The van der Waals surface area contributed by atoms with Gasteiger partial charge in [0.25, 0.3) is 5.91 Å². The van der Waals surface area contributed by atoms with E-state index < -0.39 is 0 Å². The van der Waals surface area contributed by atoms with Crippen LogP contribution in [0, 0.1) is 6.92 Å². The number of hydrogen-bond acceptors (Lipinski definition) is 4. The van der Waals surface area contributed by atoms with E-state index in [0.717, 1.165) is 21.3 Å². The average Bonchev–Trinajstić information content (AvgIpc) is 3.01. The fourth-order valence-corrected chi connectivity index (χ4v) is 3.81. The number of rotatable bonds is 2. The van der Waals surface area contributed by atoms with Gasteiger partial charge in [-0.1, -0.05) is 40.6 Å². The van der Waals surface area contributed by atoms with Gasteiger partial charge in [-0.25, -0.2) is 4.98 Å². The number of halogens is 2. The van der Waals surface area contributed by atoms with Crippen LogP contribution in [0.4, 0.5) is 5.13 Å². The number of pyridine rings is 1. The van der Waals surface area contributed by atoms with Gasteiger partial charge in [0.15, 0.2) is 5.13 Å². The Morgan fingerprint density at radius 1 is 1.08 bits per heavy atom. The number of benzene rings is 2. The minimum absolute atomic E-state index is 0.233. The first-order valence-electron chi connectivity index (χ1n) is 7.44. The molecule has 0 aliphatic carbocycles. The molecule has 0 aliphatic heterocycles. The van der Waals surface area contributed by atoms with Crippen molar-refractivity contribution in [2.45, 2.75) is 6.92 Å². The number of carbonyl (C=O) groups is 1. The van der Waals surface area contributed by atoms with E-state index in [4.69, 9.17) is 23.2 Å². The highest BCUT2D eigenvalue weighted by Gasteiger charge is 2.13. The normalized spacial score (nSPS) is 11.2. The maximum atomic E-state index is 12.5. The molecule has 0 radical (unpaired) electrons. The molecule has 124 valence electrons. The van der Waals surface area contributed by atoms with Gasteiger partial charge in [0, 0.05) is 16.6 Å². The zero-order valence-corrected chi connectivity index (χ0v) is 15.3. The van der Waals surface area contributed by atoms with Crippen molar-refractivity contribution in [3.8, 4) is 0 Å². The molecule has 1 amide bonds. The van der Waals surface area contributed by atoms with E-state index in [-0.39, 0.29) is 5.91 Å². The van der Waals surface area contributed by atoms with Crippen LogP contribution >= 0.6 is 34.5 Å². The summed E-state index contributed by atoms with van der Waals surface area (Å²) in [5, 5.41) is 5.04. The lowest BCUT2D eigenvalue weighted by molar-refractivity contribution is 0.102. The predicted octanol–water partition coefficient (Wildman–Crippen LogP) is 5.71. The van der Waals surface area contributed by atoms with Crippen LogP contribution in [-0.4, -0.2) is 15.9 Å². The van der Waals surface area contributed by atoms with Crippen molar-refractivity contribution in [1.82, 2.24) is 9.97 Å². The smallest absolute Gasteiger partial charge is 0.257 e. The highest BCUT2D eigenvalue weighted by atomic mass is 35.5. The van der Waals surface area contributed by atoms with Crippen LogP contribution in [0.1, 0.15) is 16.1 Å². The summed E-state index contributed by atoms with van der Waals surface area (Å²) in [5.74, 6) is -0.233. The third-order valence-corrected chi connectivity index (χ3v) is 5.49. The van der Waals surface area contributed by atoms with Gasteiger partial charge in [-0.2, -0.15) is 0 Å². The molecule has 0 atom stereocenters. The SMILES string of the molecule is Cc1ccc2cc(C(=O)Nc3nc4c(Cl)c(Cl)ccc4s3)ccc2n1. The lowest BCUT2D eigenvalue weighted by atomic mass is 10.1. The van der Waals surface area contributed by atoms with Crippen LogP contribution in [0.25, 0.3) is 21.1 Å². The van der Waals surface area contributed by atoms with E-state index in [1.807, 2.05) is 37.3 Å². The quantitative estimate of drug-likeness (QED) is 0.478. The standard InChI is InChI=1S/C18H11Cl2N3OS/c1-9-2-3-10-8-11(4-6-13(10)21-9)17(24)23-18-22-16-14(25-18)7-5-12(19)15(16)20/h2-8H,1H3,(H,22,23,24). The molecule has 0 aliphatic rings. The summed E-state index contributed by atoms with van der Waals surface area (Å²) < 4.78 is 0.864. The van der Waals surface area contributed by atoms with Crippen molar-refractivity contribution in [1.29, 1.82) is 0 Å². The van der Waals surface area contributed by atoms with Gasteiger partial charge in [-0.15, -0.1) is 0 Å². The van der Waals surface area contributed by atoms with Crippen LogP contribution in [0.15, 0.2) is 42.5 Å². The highest BCUT2D eigenvalue weighted by molar-refractivity contribution is 7.22. The molecule has 0 unspecified atom stereocenters. The number of aromatic nitrogens is 2. The molecule has 0 bridgehead atoms. The molecule has 4 nitrogen and oxygen atoms in total. The molecule has 4 aromatic rings. The molecule has 7 heteroatoms. The second-order valence-corrected chi connectivity index (χ2v) is 7.36. The second-order valence-electron chi connectivity index (χ2n) is 5.54. The summed E-state index contributed by atoms with van der Waals surface area (Å²) in [7, 11) is 0. The number of thiazole rings is 1. The average molecular weight is 388 g/mol. The maximum Gasteiger partial charge on any atom is 0.257 e. The summed E-state index contributed by atoms with van der Waals surface area (Å²) in [6.45, 7) is 1.94. The highest BCUT2D eigenvalue weighted by Crippen LogP contribution is 2.35. The van der Waals surface area contributed by atoms with Crippen molar-refractivity contribution in [2.75, 3.05) is 5.32 Å². The van der Waals surface area contributed by atoms with Crippen molar-refractivity contribution in [2.24, 2.45) is 0 Å². The third-order valence-electron chi connectivity index (χ3n) is 3.76. The van der Waals surface area contributed by atoms with Crippen LogP contribution in [0.2, 0.25) is 10.0 Å². The molecule has 0 fully saturated rings. The largest absolute Gasteiger partial charge is 0.298 e. The molecule has 0 spiro atoms. The number of anilines is 1. The number of aryl methyl sites for hydroxylation is 1. The first kappa shape index (κ1) is 16.3. The maximum absolute atomic E-state index is 12.5. The molecular weight excluding hydrogens is 377 g/mol. The zero-order chi connectivity index (χ0) is 17.6. The summed E-state index contributed by atoms with van der Waals surface area (Å²) >= 11 is 13.5. The molecule has 4 rings (SSSR count). The van der Waals surface area contributed by atoms with Gasteiger partial charge < -0.3 is 0 Å². The third kappa shape index (κ3) is 3.06. The van der Waals surface area contributed by atoms with Crippen LogP contribution in [0.3, 0.4) is 0 Å². The second kappa shape index (κ2) is 6.26. The zero-order valence-electron chi connectivity index (χ0n) is 13.0. The molecule has 25 heavy (non-hydrogen) atoms. The first-order valence-corrected chi connectivity index (χ1v) is 9.02. The molecular formula is C18H11Cl2N3OS. The Hall–Kier alpha value is -2.21. The van der Waals surface area contributed by atoms with E-state index in [1.54, 1.807) is 12.1 Å². The Labute approximate surface area is 157 Å². The summed E-state index contributed by atoms with van der Waals surface area (Å²) in [5.41, 5.74) is 2.93. The Bertz CT molecular complexity index is 1140. The molecule has 2 aromatic heterocycles. The van der Waals surface area contributed by atoms with Crippen LogP contribution in [-0.2, 0) is 0 Å². The molecule has 0 saturated carbocycles. The van der Waals surface area contributed by atoms with Crippen molar-refractivity contribution >= 4 is 66.7 Å². The summed E-state index contributed by atoms with van der Waals surface area (Å²) in [6, 6.07) is 12.8. The van der Waals surface area contributed by atoms with Gasteiger partial charge >= 0.3 is 0 Å².